The van der Waals surface area contributed by atoms with Crippen LogP contribution < -0.4 is 5.32 Å². The Labute approximate surface area is 110 Å². The van der Waals surface area contributed by atoms with Gasteiger partial charge in [-0.1, -0.05) is 0 Å². The van der Waals surface area contributed by atoms with Gasteiger partial charge < -0.3 is 20.3 Å². The normalized spacial score (nSPS) is 17.9. The number of hydrogen-bond acceptors (Lipinski definition) is 4. The summed E-state index contributed by atoms with van der Waals surface area (Å²) >= 11 is 0. The molecule has 0 bridgehead atoms. The number of alkyl carbamates (subject to hydrolysis) is 1. The van der Waals surface area contributed by atoms with Gasteiger partial charge in [0.2, 0.25) is 0 Å². The van der Waals surface area contributed by atoms with Gasteiger partial charge in [-0.25, -0.2) is 4.79 Å². The number of carboxylic acid groups (broad SMARTS) is 2. The summed E-state index contributed by atoms with van der Waals surface area (Å²) < 4.78 is 5.05. The summed E-state index contributed by atoms with van der Waals surface area (Å²) in [7, 11) is 0. The van der Waals surface area contributed by atoms with E-state index in [-0.39, 0.29) is 18.9 Å². The summed E-state index contributed by atoms with van der Waals surface area (Å²) in [6.45, 7) is 1.53. The van der Waals surface area contributed by atoms with Crippen molar-refractivity contribution in [2.45, 2.75) is 51.2 Å². The maximum absolute atomic E-state index is 11.5. The second-order valence-electron chi connectivity index (χ2n) is 4.77. The van der Waals surface area contributed by atoms with Crippen LogP contribution in [-0.4, -0.2) is 40.4 Å². The smallest absolute Gasteiger partial charge is 0.407 e. The average Bonchev–Trinajstić information content (AvgIpc) is 2.22. The molecule has 2 atom stereocenters. The maximum atomic E-state index is 11.5. The molecule has 0 aromatic carbocycles. The minimum absolute atomic E-state index is 0.0322. The molecule has 108 valence electrons. The fourth-order valence-corrected chi connectivity index (χ4v) is 1.83. The molecule has 3 N–H and O–H groups in total. The van der Waals surface area contributed by atoms with E-state index in [4.69, 9.17) is 14.9 Å². The molecule has 0 aliphatic heterocycles. The molecule has 0 aromatic heterocycles. The summed E-state index contributed by atoms with van der Waals surface area (Å²) in [6, 6.07) is -0.676. The lowest BCUT2D eigenvalue weighted by Gasteiger charge is -2.27. The van der Waals surface area contributed by atoms with Crippen LogP contribution in [0.1, 0.15) is 39.0 Å². The quantitative estimate of drug-likeness (QED) is 0.642. The molecular formula is C12H19NO6. The third-order valence-electron chi connectivity index (χ3n) is 3.26. The van der Waals surface area contributed by atoms with Gasteiger partial charge in [-0.3, -0.25) is 9.59 Å². The monoisotopic (exact) mass is 273 g/mol. The van der Waals surface area contributed by atoms with Crippen LogP contribution in [0.4, 0.5) is 4.79 Å². The summed E-state index contributed by atoms with van der Waals surface area (Å²) in [6.07, 6.45) is 1.71. The molecule has 1 fully saturated rings. The van der Waals surface area contributed by atoms with E-state index in [2.05, 4.69) is 5.32 Å². The van der Waals surface area contributed by atoms with Crippen LogP contribution in [0.25, 0.3) is 0 Å². The van der Waals surface area contributed by atoms with Gasteiger partial charge in [0.25, 0.3) is 0 Å². The zero-order chi connectivity index (χ0) is 14.4. The Kier molecular flexibility index (Phi) is 5.59. The zero-order valence-corrected chi connectivity index (χ0v) is 10.8. The van der Waals surface area contributed by atoms with E-state index in [0.717, 1.165) is 19.3 Å². The molecule has 1 amide bonds. The van der Waals surface area contributed by atoms with Crippen LogP contribution in [-0.2, 0) is 14.3 Å². The molecule has 19 heavy (non-hydrogen) atoms. The Hall–Kier alpha value is -1.79. The van der Waals surface area contributed by atoms with Gasteiger partial charge in [-0.15, -0.1) is 0 Å². The minimum Gasteiger partial charge on any atom is -0.481 e. The number of hydrogen-bond donors (Lipinski definition) is 3. The first kappa shape index (κ1) is 15.3. The molecule has 7 heteroatoms. The van der Waals surface area contributed by atoms with E-state index < -0.39 is 30.0 Å². The number of carbonyl (C=O) groups is 3. The molecule has 1 aliphatic rings. The van der Waals surface area contributed by atoms with Gasteiger partial charge in [0, 0.05) is 12.5 Å². The van der Waals surface area contributed by atoms with Crippen molar-refractivity contribution >= 4 is 18.0 Å². The first-order valence-electron chi connectivity index (χ1n) is 6.32. The van der Waals surface area contributed by atoms with E-state index in [1.807, 2.05) is 0 Å². The third-order valence-corrected chi connectivity index (χ3v) is 3.26. The number of carboxylic acids is 2. The Morgan fingerprint density at radius 2 is 1.95 bits per heavy atom. The Morgan fingerprint density at radius 3 is 2.37 bits per heavy atom. The average molecular weight is 273 g/mol. The fraction of sp³-hybridized carbons (Fsp3) is 0.750. The van der Waals surface area contributed by atoms with Crippen LogP contribution >= 0.6 is 0 Å². The van der Waals surface area contributed by atoms with Gasteiger partial charge in [0.05, 0.1) is 5.92 Å². The summed E-state index contributed by atoms with van der Waals surface area (Å²) in [5.41, 5.74) is 0. The number of nitrogens with one attached hydrogen (secondary N) is 1. The van der Waals surface area contributed by atoms with Crippen molar-refractivity contribution in [1.29, 1.82) is 0 Å². The van der Waals surface area contributed by atoms with E-state index in [0.29, 0.717) is 0 Å². The van der Waals surface area contributed by atoms with Crippen molar-refractivity contribution in [3.05, 3.63) is 0 Å². The summed E-state index contributed by atoms with van der Waals surface area (Å²) in [4.78, 5) is 33.0. The van der Waals surface area contributed by atoms with Crippen molar-refractivity contribution in [2.24, 2.45) is 5.92 Å². The predicted molar refractivity (Wildman–Crippen MR) is 64.7 cm³/mol. The van der Waals surface area contributed by atoms with Crippen molar-refractivity contribution in [1.82, 2.24) is 5.32 Å². The second kappa shape index (κ2) is 6.96. The third kappa shape index (κ3) is 5.15. The van der Waals surface area contributed by atoms with E-state index in [9.17, 15) is 14.4 Å². The molecule has 2 unspecified atom stereocenters. The lowest BCUT2D eigenvalue weighted by atomic mass is 9.95. The SMILES string of the molecule is CC(NC(=O)OC1CCC1)C(CCC(=O)O)C(=O)O. The highest BCUT2D eigenvalue weighted by atomic mass is 16.6. The van der Waals surface area contributed by atoms with Crippen molar-refractivity contribution in [3.63, 3.8) is 0 Å². The molecule has 0 radical (unpaired) electrons. The van der Waals surface area contributed by atoms with E-state index >= 15 is 0 Å². The standard InChI is InChI=1S/C12H19NO6/c1-7(9(11(16)17)5-6-10(14)15)13-12(18)19-8-3-2-4-8/h7-9H,2-6H2,1H3,(H,13,18)(H,14,15)(H,16,17). The number of carbonyl (C=O) groups excluding carboxylic acids is 1. The molecule has 1 saturated carbocycles. The van der Waals surface area contributed by atoms with Crippen LogP contribution in [0.2, 0.25) is 0 Å². The van der Waals surface area contributed by atoms with Gasteiger partial charge in [-0.2, -0.15) is 0 Å². The topological polar surface area (TPSA) is 113 Å². The highest BCUT2D eigenvalue weighted by Crippen LogP contribution is 2.22. The molecular weight excluding hydrogens is 254 g/mol. The molecule has 1 aliphatic carbocycles. The van der Waals surface area contributed by atoms with Gasteiger partial charge >= 0.3 is 18.0 Å². The lowest BCUT2D eigenvalue weighted by molar-refractivity contribution is -0.143. The number of ether oxygens (including phenoxy) is 1. The van der Waals surface area contributed by atoms with Crippen molar-refractivity contribution in [2.75, 3.05) is 0 Å². The molecule has 0 saturated heterocycles. The lowest BCUT2D eigenvalue weighted by Crippen LogP contribution is -2.43. The zero-order valence-electron chi connectivity index (χ0n) is 10.8. The molecule has 7 nitrogen and oxygen atoms in total. The Bertz CT molecular complexity index is 352. The molecule has 0 spiro atoms. The van der Waals surface area contributed by atoms with Gasteiger partial charge in [0.15, 0.2) is 0 Å². The Morgan fingerprint density at radius 1 is 1.32 bits per heavy atom. The second-order valence-corrected chi connectivity index (χ2v) is 4.77. The molecule has 0 aromatic rings. The van der Waals surface area contributed by atoms with Crippen LogP contribution in [0.5, 0.6) is 0 Å². The molecule has 0 heterocycles. The maximum Gasteiger partial charge on any atom is 0.407 e. The van der Waals surface area contributed by atoms with Crippen molar-refractivity contribution in [3.8, 4) is 0 Å². The minimum atomic E-state index is -1.13. The van der Waals surface area contributed by atoms with Gasteiger partial charge in [0.1, 0.15) is 6.10 Å². The van der Waals surface area contributed by atoms with Crippen molar-refractivity contribution < 1.29 is 29.3 Å². The molecule has 1 rings (SSSR count). The predicted octanol–water partition coefficient (Wildman–Crippen LogP) is 1.22. The number of rotatable bonds is 7. The first-order valence-corrected chi connectivity index (χ1v) is 6.32. The summed E-state index contributed by atoms with van der Waals surface area (Å²) in [5, 5.41) is 20.0. The number of amides is 1. The summed E-state index contributed by atoms with van der Waals surface area (Å²) in [5.74, 6) is -3.13. The highest BCUT2D eigenvalue weighted by Gasteiger charge is 2.28. The number of aliphatic carboxylic acids is 2. The fourth-order valence-electron chi connectivity index (χ4n) is 1.83. The van der Waals surface area contributed by atoms with Gasteiger partial charge in [-0.05, 0) is 32.6 Å². The van der Waals surface area contributed by atoms with E-state index in [1.165, 1.54) is 6.92 Å². The Balaban J connectivity index is 2.41. The van der Waals surface area contributed by atoms with Crippen LogP contribution in [0.3, 0.4) is 0 Å². The first-order chi connectivity index (χ1) is 8.90. The van der Waals surface area contributed by atoms with Crippen LogP contribution in [0.15, 0.2) is 0 Å². The largest absolute Gasteiger partial charge is 0.481 e. The van der Waals surface area contributed by atoms with Crippen LogP contribution in [0, 0.1) is 5.92 Å². The highest BCUT2D eigenvalue weighted by molar-refractivity contribution is 5.74. The van der Waals surface area contributed by atoms with E-state index in [1.54, 1.807) is 0 Å².